The lowest BCUT2D eigenvalue weighted by molar-refractivity contribution is -0.0506. The van der Waals surface area contributed by atoms with Crippen LogP contribution < -0.4 is 24.8 Å². The Morgan fingerprint density at radius 1 is 1.07 bits per heavy atom. The number of nitrogens with zero attached hydrogens (tertiary/aromatic N) is 1. The zero-order chi connectivity index (χ0) is 21.2. The summed E-state index contributed by atoms with van der Waals surface area (Å²) >= 11 is 0. The average molecular weight is 411 g/mol. The highest BCUT2D eigenvalue weighted by molar-refractivity contribution is 5.79. The number of ether oxygens (including phenoxy) is 3. The fraction of sp³-hybridized carbons (Fsp3) is 0.350. The van der Waals surface area contributed by atoms with E-state index in [1.54, 1.807) is 26.4 Å². The van der Waals surface area contributed by atoms with Crippen LogP contribution in [0.15, 0.2) is 41.4 Å². The number of benzene rings is 2. The Hall–Kier alpha value is -3.10. The molecule has 9 heteroatoms. The van der Waals surface area contributed by atoms with Crippen molar-refractivity contribution in [3.05, 3.63) is 53.3 Å². The third-order valence-electron chi connectivity index (χ3n) is 3.97. The van der Waals surface area contributed by atoms with Crippen molar-refractivity contribution in [1.82, 2.24) is 10.6 Å². The van der Waals surface area contributed by atoms with Crippen LogP contribution in [0.5, 0.6) is 17.2 Å². The maximum Gasteiger partial charge on any atom is 0.387 e. The van der Waals surface area contributed by atoms with E-state index in [1.165, 1.54) is 18.2 Å². The molecule has 0 aliphatic rings. The molecule has 0 aliphatic heterocycles. The normalized spacial score (nSPS) is 11.3. The molecule has 0 atom stereocenters. The van der Waals surface area contributed by atoms with Crippen LogP contribution in [-0.4, -0.2) is 33.3 Å². The molecule has 0 saturated heterocycles. The second-order valence-corrected chi connectivity index (χ2v) is 5.82. The molecule has 0 spiro atoms. The predicted molar refractivity (Wildman–Crippen MR) is 104 cm³/mol. The first-order valence-electron chi connectivity index (χ1n) is 8.93. The highest BCUT2D eigenvalue weighted by Crippen LogP contribution is 2.25. The number of hydrogen-bond donors (Lipinski definition) is 2. The molecule has 158 valence electrons. The van der Waals surface area contributed by atoms with E-state index in [-0.39, 0.29) is 24.4 Å². The maximum absolute atomic E-state index is 14.1. The smallest absolute Gasteiger partial charge is 0.387 e. The highest BCUT2D eigenvalue weighted by atomic mass is 19.3. The molecule has 2 aromatic rings. The lowest BCUT2D eigenvalue weighted by Gasteiger charge is -2.15. The van der Waals surface area contributed by atoms with Crippen LogP contribution in [0.4, 0.5) is 13.2 Å². The van der Waals surface area contributed by atoms with Gasteiger partial charge in [0, 0.05) is 30.3 Å². The highest BCUT2D eigenvalue weighted by Gasteiger charge is 2.14. The standard InChI is InChI=1S/C20H24F3N3O3/c1-4-24-20(25-11-13-8-9-14(27-2)10-18(13)28-3)26-12-15-16(21)6-5-7-17(15)29-19(22)23/h5-10,19H,4,11-12H2,1-3H3,(H2,24,25,26). The molecule has 0 fully saturated rings. The second-order valence-electron chi connectivity index (χ2n) is 5.82. The van der Waals surface area contributed by atoms with Gasteiger partial charge in [-0.15, -0.1) is 0 Å². The first kappa shape index (κ1) is 22.2. The van der Waals surface area contributed by atoms with Crippen molar-refractivity contribution < 1.29 is 27.4 Å². The molecule has 0 unspecified atom stereocenters. The molecule has 0 heterocycles. The van der Waals surface area contributed by atoms with Crippen LogP contribution >= 0.6 is 0 Å². The summed E-state index contributed by atoms with van der Waals surface area (Å²) in [6, 6.07) is 9.15. The average Bonchev–Trinajstić information content (AvgIpc) is 2.70. The van der Waals surface area contributed by atoms with Gasteiger partial charge in [-0.05, 0) is 31.2 Å². The number of guanidine groups is 1. The van der Waals surface area contributed by atoms with E-state index in [2.05, 4.69) is 20.4 Å². The Kier molecular flexibility index (Phi) is 8.45. The SMILES string of the molecule is CCNC(=NCc1ccc(OC)cc1OC)NCc1c(F)cccc1OC(F)F. The number of hydrogen-bond acceptors (Lipinski definition) is 4. The maximum atomic E-state index is 14.1. The van der Waals surface area contributed by atoms with Crippen molar-refractivity contribution in [1.29, 1.82) is 0 Å². The van der Waals surface area contributed by atoms with Gasteiger partial charge in [-0.25, -0.2) is 9.38 Å². The van der Waals surface area contributed by atoms with Gasteiger partial charge in [0.1, 0.15) is 23.1 Å². The quantitative estimate of drug-likeness (QED) is 0.487. The summed E-state index contributed by atoms with van der Waals surface area (Å²) in [6.07, 6.45) is 0. The Balaban J connectivity index is 2.15. The van der Waals surface area contributed by atoms with E-state index in [9.17, 15) is 13.2 Å². The number of rotatable bonds is 9. The number of methoxy groups -OCH3 is 2. The zero-order valence-corrected chi connectivity index (χ0v) is 16.5. The van der Waals surface area contributed by atoms with Crippen molar-refractivity contribution >= 4 is 5.96 Å². The van der Waals surface area contributed by atoms with Gasteiger partial charge in [0.2, 0.25) is 0 Å². The van der Waals surface area contributed by atoms with Crippen molar-refractivity contribution in [3.63, 3.8) is 0 Å². The first-order valence-corrected chi connectivity index (χ1v) is 8.93. The van der Waals surface area contributed by atoms with Crippen LogP contribution in [0, 0.1) is 5.82 Å². The van der Waals surface area contributed by atoms with Gasteiger partial charge in [-0.3, -0.25) is 0 Å². The molecule has 0 aliphatic carbocycles. The predicted octanol–water partition coefficient (Wildman–Crippen LogP) is 3.70. The molecule has 0 radical (unpaired) electrons. The van der Waals surface area contributed by atoms with Crippen LogP contribution in [0.25, 0.3) is 0 Å². The number of aliphatic imine (C=N–C) groups is 1. The summed E-state index contributed by atoms with van der Waals surface area (Å²) in [6.45, 7) is -0.413. The van der Waals surface area contributed by atoms with E-state index in [0.29, 0.717) is 24.0 Å². The third-order valence-corrected chi connectivity index (χ3v) is 3.97. The largest absolute Gasteiger partial charge is 0.497 e. The van der Waals surface area contributed by atoms with Gasteiger partial charge in [0.15, 0.2) is 5.96 Å². The number of nitrogens with one attached hydrogen (secondary N) is 2. The molecule has 0 saturated carbocycles. The van der Waals surface area contributed by atoms with Gasteiger partial charge in [-0.2, -0.15) is 8.78 Å². The van der Waals surface area contributed by atoms with E-state index in [1.807, 2.05) is 13.0 Å². The zero-order valence-electron chi connectivity index (χ0n) is 16.5. The Labute approximate surface area is 167 Å². The summed E-state index contributed by atoms with van der Waals surface area (Å²) < 4.78 is 54.2. The Bertz CT molecular complexity index is 832. The Morgan fingerprint density at radius 2 is 1.86 bits per heavy atom. The molecule has 2 N–H and O–H groups in total. The lowest BCUT2D eigenvalue weighted by atomic mass is 10.2. The van der Waals surface area contributed by atoms with Crippen LogP contribution in [0.2, 0.25) is 0 Å². The van der Waals surface area contributed by atoms with E-state index < -0.39 is 12.4 Å². The third kappa shape index (κ3) is 6.48. The topological polar surface area (TPSA) is 64.1 Å². The fourth-order valence-corrected chi connectivity index (χ4v) is 2.58. The molecule has 0 amide bonds. The van der Waals surface area contributed by atoms with Crippen molar-refractivity contribution in [2.24, 2.45) is 4.99 Å². The minimum atomic E-state index is -3.04. The van der Waals surface area contributed by atoms with Crippen LogP contribution in [-0.2, 0) is 13.1 Å². The van der Waals surface area contributed by atoms with Crippen LogP contribution in [0.3, 0.4) is 0 Å². The minimum absolute atomic E-state index is 0.0135. The molecule has 29 heavy (non-hydrogen) atoms. The molecule has 6 nitrogen and oxygen atoms in total. The van der Waals surface area contributed by atoms with E-state index in [4.69, 9.17) is 9.47 Å². The summed E-state index contributed by atoms with van der Waals surface area (Å²) in [5.41, 5.74) is 0.804. The monoisotopic (exact) mass is 411 g/mol. The lowest BCUT2D eigenvalue weighted by Crippen LogP contribution is -2.37. The van der Waals surface area contributed by atoms with Crippen LogP contribution in [0.1, 0.15) is 18.1 Å². The Morgan fingerprint density at radius 3 is 2.52 bits per heavy atom. The van der Waals surface area contributed by atoms with Gasteiger partial charge in [0.05, 0.1) is 20.8 Å². The van der Waals surface area contributed by atoms with E-state index >= 15 is 0 Å². The van der Waals surface area contributed by atoms with Gasteiger partial charge >= 0.3 is 6.61 Å². The number of halogens is 3. The molecular formula is C20H24F3N3O3. The molecule has 0 aromatic heterocycles. The molecule has 0 bridgehead atoms. The van der Waals surface area contributed by atoms with Crippen molar-refractivity contribution in [3.8, 4) is 17.2 Å². The van der Waals surface area contributed by atoms with Gasteiger partial charge in [-0.1, -0.05) is 6.07 Å². The molecule has 2 aromatic carbocycles. The van der Waals surface area contributed by atoms with Gasteiger partial charge in [0.25, 0.3) is 0 Å². The van der Waals surface area contributed by atoms with Crippen molar-refractivity contribution in [2.45, 2.75) is 26.6 Å². The summed E-state index contributed by atoms with van der Waals surface area (Å²) in [5.74, 6) is 0.788. The summed E-state index contributed by atoms with van der Waals surface area (Å²) in [7, 11) is 3.11. The summed E-state index contributed by atoms with van der Waals surface area (Å²) in [4.78, 5) is 4.45. The molecular weight excluding hydrogens is 387 g/mol. The van der Waals surface area contributed by atoms with Crippen molar-refractivity contribution in [2.75, 3.05) is 20.8 Å². The fourth-order valence-electron chi connectivity index (χ4n) is 2.58. The molecule has 2 rings (SSSR count). The van der Waals surface area contributed by atoms with E-state index in [0.717, 1.165) is 5.56 Å². The second kappa shape index (κ2) is 11.0. The first-order chi connectivity index (χ1) is 14.0. The van der Waals surface area contributed by atoms with Gasteiger partial charge < -0.3 is 24.8 Å². The summed E-state index contributed by atoms with van der Waals surface area (Å²) in [5, 5.41) is 5.96. The number of alkyl halides is 2. The minimum Gasteiger partial charge on any atom is -0.497 e.